The maximum Gasteiger partial charge on any atom is 0.216 e. The highest BCUT2D eigenvalue weighted by Gasteiger charge is 2.07. The molecule has 0 radical (unpaired) electrons. The van der Waals surface area contributed by atoms with Crippen LogP contribution in [0, 0.1) is 4.77 Å². The molecular formula is C24H30N4O2S. The van der Waals surface area contributed by atoms with Crippen LogP contribution >= 0.6 is 12.2 Å². The van der Waals surface area contributed by atoms with Crippen molar-refractivity contribution in [2.24, 2.45) is 5.10 Å². The number of methoxy groups -OCH3 is 1. The fraction of sp³-hybridized carbons (Fsp3) is 0.375. The molecule has 31 heavy (non-hydrogen) atoms. The second kappa shape index (κ2) is 12.1. The topological polar surface area (TPSA) is 64.4 Å². The number of aromatic nitrogens is 3. The molecule has 3 rings (SSSR count). The molecule has 0 bridgehead atoms. The van der Waals surface area contributed by atoms with Crippen molar-refractivity contribution in [3.63, 3.8) is 0 Å². The quantitative estimate of drug-likeness (QED) is 0.228. The first-order valence-electron chi connectivity index (χ1n) is 10.8. The van der Waals surface area contributed by atoms with Crippen LogP contribution in [0.5, 0.6) is 11.5 Å². The highest BCUT2D eigenvalue weighted by Crippen LogP contribution is 2.28. The molecule has 0 saturated carbocycles. The van der Waals surface area contributed by atoms with Crippen molar-refractivity contribution in [2.45, 2.75) is 45.4 Å². The lowest BCUT2D eigenvalue weighted by atomic mass is 10.1. The maximum atomic E-state index is 5.89. The van der Waals surface area contributed by atoms with Gasteiger partial charge in [-0.15, -0.1) is 0 Å². The number of aryl methyl sites for hydroxylation is 2. The van der Waals surface area contributed by atoms with E-state index in [1.807, 2.05) is 36.4 Å². The minimum atomic E-state index is 0.471. The van der Waals surface area contributed by atoms with E-state index < -0.39 is 0 Å². The molecule has 0 aliphatic rings. The highest BCUT2D eigenvalue weighted by atomic mass is 32.1. The van der Waals surface area contributed by atoms with E-state index >= 15 is 0 Å². The number of ether oxygens (including phenoxy) is 2. The third-order valence-corrected chi connectivity index (χ3v) is 5.23. The lowest BCUT2D eigenvalue weighted by Crippen LogP contribution is -2.02. The predicted octanol–water partition coefficient (Wildman–Crippen LogP) is 5.58. The van der Waals surface area contributed by atoms with Gasteiger partial charge in [0.1, 0.15) is 0 Å². The average molecular weight is 439 g/mol. The Morgan fingerprint density at radius 3 is 2.68 bits per heavy atom. The molecule has 2 aromatic carbocycles. The minimum absolute atomic E-state index is 0.471. The Hall–Kier alpha value is -2.93. The molecule has 1 heterocycles. The number of H-pyrrole nitrogens is 1. The Balaban J connectivity index is 1.66. The third-order valence-electron chi connectivity index (χ3n) is 4.96. The fourth-order valence-electron chi connectivity index (χ4n) is 3.23. The van der Waals surface area contributed by atoms with Crippen LogP contribution in [-0.4, -0.2) is 34.8 Å². The molecule has 0 saturated heterocycles. The molecule has 0 spiro atoms. The first-order chi connectivity index (χ1) is 15.2. The van der Waals surface area contributed by atoms with Crippen molar-refractivity contribution in [1.82, 2.24) is 14.9 Å². The van der Waals surface area contributed by atoms with Gasteiger partial charge < -0.3 is 9.47 Å². The van der Waals surface area contributed by atoms with Gasteiger partial charge in [0, 0.05) is 6.42 Å². The van der Waals surface area contributed by atoms with Gasteiger partial charge in [0.05, 0.1) is 19.9 Å². The number of nitrogens with zero attached hydrogens (tertiary/aromatic N) is 3. The van der Waals surface area contributed by atoms with E-state index in [4.69, 9.17) is 21.7 Å². The van der Waals surface area contributed by atoms with Crippen molar-refractivity contribution < 1.29 is 9.47 Å². The van der Waals surface area contributed by atoms with Gasteiger partial charge in [0.25, 0.3) is 0 Å². The van der Waals surface area contributed by atoms with Gasteiger partial charge in [-0.2, -0.15) is 14.9 Å². The zero-order chi connectivity index (χ0) is 21.9. The van der Waals surface area contributed by atoms with Crippen molar-refractivity contribution >= 4 is 18.4 Å². The van der Waals surface area contributed by atoms with Crippen LogP contribution < -0.4 is 9.47 Å². The van der Waals surface area contributed by atoms with Crippen LogP contribution in [0.3, 0.4) is 0 Å². The summed E-state index contributed by atoms with van der Waals surface area (Å²) in [6.45, 7) is 2.89. The van der Waals surface area contributed by atoms with Gasteiger partial charge in [-0.25, -0.2) is 0 Å². The van der Waals surface area contributed by atoms with E-state index in [0.717, 1.165) is 36.4 Å². The molecular weight excluding hydrogens is 408 g/mol. The number of hydrogen-bond acceptors (Lipinski definition) is 5. The summed E-state index contributed by atoms with van der Waals surface area (Å²) in [7, 11) is 1.65. The van der Waals surface area contributed by atoms with E-state index in [-0.39, 0.29) is 0 Å². The maximum absolute atomic E-state index is 5.89. The van der Waals surface area contributed by atoms with Crippen LogP contribution in [0.25, 0.3) is 0 Å². The molecule has 0 aliphatic carbocycles. The number of unbranched alkanes of at least 4 members (excludes halogenated alkanes) is 3. The van der Waals surface area contributed by atoms with E-state index in [2.05, 4.69) is 34.4 Å². The lowest BCUT2D eigenvalue weighted by Gasteiger charge is -2.11. The molecule has 6 nitrogen and oxygen atoms in total. The van der Waals surface area contributed by atoms with Gasteiger partial charge in [-0.1, -0.05) is 56.5 Å². The lowest BCUT2D eigenvalue weighted by molar-refractivity contribution is 0.285. The number of benzene rings is 2. The van der Waals surface area contributed by atoms with Crippen LogP contribution in [0.4, 0.5) is 0 Å². The second-order valence-electron chi connectivity index (χ2n) is 7.31. The molecule has 1 N–H and O–H groups in total. The summed E-state index contributed by atoms with van der Waals surface area (Å²) in [5, 5.41) is 11.7. The Labute approximate surface area is 188 Å². The molecule has 164 valence electrons. The van der Waals surface area contributed by atoms with Crippen molar-refractivity contribution in [1.29, 1.82) is 0 Å². The smallest absolute Gasteiger partial charge is 0.216 e. The van der Waals surface area contributed by atoms with Gasteiger partial charge in [-0.3, -0.25) is 5.10 Å². The van der Waals surface area contributed by atoms with Crippen molar-refractivity contribution in [2.75, 3.05) is 13.7 Å². The summed E-state index contributed by atoms with van der Waals surface area (Å²) in [5.41, 5.74) is 2.15. The summed E-state index contributed by atoms with van der Waals surface area (Å²) in [5.74, 6) is 2.24. The average Bonchev–Trinajstić information content (AvgIpc) is 3.16. The summed E-state index contributed by atoms with van der Waals surface area (Å²) in [6, 6.07) is 16.1. The Bertz CT molecular complexity index is 1030. The van der Waals surface area contributed by atoms with Crippen LogP contribution in [0.2, 0.25) is 0 Å². The standard InChI is InChI=1S/C24H30N4O2S/c1-3-4-5-9-16-30-21-14-12-20(17-22(21)29-2)18-25-28-23(26-27-24(28)31)15-13-19-10-7-6-8-11-19/h6-8,10-12,14,17-18H,3-5,9,13,15-16H2,1-2H3,(H,27,31)/b25-18-. The normalized spacial score (nSPS) is 11.2. The molecule has 3 aromatic rings. The van der Waals surface area contributed by atoms with E-state index in [9.17, 15) is 0 Å². The monoisotopic (exact) mass is 438 g/mol. The Morgan fingerprint density at radius 2 is 1.90 bits per heavy atom. The zero-order valence-electron chi connectivity index (χ0n) is 18.2. The van der Waals surface area contributed by atoms with Crippen molar-refractivity contribution in [3.05, 3.63) is 70.3 Å². The molecule has 0 unspecified atom stereocenters. The molecule has 0 aliphatic heterocycles. The van der Waals surface area contributed by atoms with Crippen LogP contribution in [0.1, 0.15) is 49.6 Å². The van der Waals surface area contributed by atoms with E-state index in [0.29, 0.717) is 17.1 Å². The van der Waals surface area contributed by atoms with Gasteiger partial charge in [0.15, 0.2) is 17.3 Å². The van der Waals surface area contributed by atoms with Gasteiger partial charge in [-0.05, 0) is 54.4 Å². The Kier molecular flexibility index (Phi) is 8.84. The first kappa shape index (κ1) is 22.7. The summed E-state index contributed by atoms with van der Waals surface area (Å²) in [6.07, 6.45) is 8.04. The summed E-state index contributed by atoms with van der Waals surface area (Å²) < 4.78 is 13.5. The number of nitrogens with one attached hydrogen (secondary N) is 1. The highest BCUT2D eigenvalue weighted by molar-refractivity contribution is 7.71. The molecule has 7 heteroatoms. The minimum Gasteiger partial charge on any atom is -0.493 e. The molecule has 0 atom stereocenters. The molecule has 0 fully saturated rings. The largest absolute Gasteiger partial charge is 0.493 e. The summed E-state index contributed by atoms with van der Waals surface area (Å²) >= 11 is 5.35. The SMILES string of the molecule is CCCCCCOc1ccc(/C=N\n2c(CCc3ccccc3)n[nH]c2=S)cc1OC. The van der Waals surface area contributed by atoms with Gasteiger partial charge in [0.2, 0.25) is 4.77 Å². The Morgan fingerprint density at radius 1 is 1.06 bits per heavy atom. The first-order valence-corrected chi connectivity index (χ1v) is 11.2. The van der Waals surface area contributed by atoms with Crippen molar-refractivity contribution in [3.8, 4) is 11.5 Å². The number of rotatable bonds is 12. The van der Waals surface area contributed by atoms with Gasteiger partial charge >= 0.3 is 0 Å². The number of aromatic amines is 1. The van der Waals surface area contributed by atoms with E-state index in [1.165, 1.54) is 24.8 Å². The molecule has 1 aromatic heterocycles. The molecule has 0 amide bonds. The van der Waals surface area contributed by atoms with E-state index in [1.54, 1.807) is 18.0 Å². The second-order valence-corrected chi connectivity index (χ2v) is 7.69. The van der Waals surface area contributed by atoms with Crippen LogP contribution in [-0.2, 0) is 12.8 Å². The third kappa shape index (κ3) is 6.79. The fourth-order valence-corrected chi connectivity index (χ4v) is 3.42. The van der Waals surface area contributed by atoms with Crippen LogP contribution in [0.15, 0.2) is 53.6 Å². The number of hydrogen-bond donors (Lipinski definition) is 1. The summed E-state index contributed by atoms with van der Waals surface area (Å²) in [4.78, 5) is 0. The predicted molar refractivity (Wildman–Crippen MR) is 127 cm³/mol. The zero-order valence-corrected chi connectivity index (χ0v) is 19.0.